The van der Waals surface area contributed by atoms with E-state index in [0.717, 1.165) is 11.4 Å². The van der Waals surface area contributed by atoms with Gasteiger partial charge in [0, 0.05) is 25.0 Å². The van der Waals surface area contributed by atoms with Crippen LogP contribution in [0.3, 0.4) is 0 Å². The molecule has 0 bridgehead atoms. The van der Waals surface area contributed by atoms with Crippen molar-refractivity contribution in [3.63, 3.8) is 0 Å². The lowest BCUT2D eigenvalue weighted by Crippen LogP contribution is -2.37. The van der Waals surface area contributed by atoms with Crippen LogP contribution in [0.25, 0.3) is 5.82 Å². The fraction of sp³-hybridized carbons (Fsp3) is 0.438. The minimum absolute atomic E-state index is 0.0342. The Kier molecular flexibility index (Phi) is 4.16. The third-order valence-corrected chi connectivity index (χ3v) is 6.05. The average molecular weight is 348 g/mol. The van der Waals surface area contributed by atoms with Crippen molar-refractivity contribution in [2.24, 2.45) is 0 Å². The van der Waals surface area contributed by atoms with Crippen LogP contribution in [0, 0.1) is 13.8 Å². The fourth-order valence-corrected chi connectivity index (χ4v) is 4.72. The van der Waals surface area contributed by atoms with E-state index in [0.29, 0.717) is 17.8 Å². The lowest BCUT2D eigenvalue weighted by molar-refractivity contribution is 0.0747. The average Bonchev–Trinajstić information content (AvgIpc) is 3.07. The molecule has 24 heavy (non-hydrogen) atoms. The van der Waals surface area contributed by atoms with Crippen LogP contribution < -0.4 is 0 Å². The molecule has 1 fully saturated rings. The second-order valence-corrected chi connectivity index (χ2v) is 8.45. The normalized spacial score (nSPS) is 19.4. The van der Waals surface area contributed by atoms with E-state index in [2.05, 4.69) is 10.1 Å². The summed E-state index contributed by atoms with van der Waals surface area (Å²) in [6.07, 6.45) is 2.00. The van der Waals surface area contributed by atoms with Gasteiger partial charge in [-0.15, -0.1) is 0 Å². The van der Waals surface area contributed by atoms with Crippen LogP contribution in [0.2, 0.25) is 0 Å². The number of aryl methyl sites for hydroxylation is 2. The number of nitrogens with zero attached hydrogens (tertiary/aromatic N) is 4. The Balaban J connectivity index is 1.78. The standard InChI is InChI=1S/C16H20N4O3S/c1-11-8-12(2)20(18-11)15-5-4-13(9-17-15)16(21)19(3)14-6-7-24(22,23)10-14/h4-5,8-9,14H,6-7,10H2,1-3H3/t14-/m0/s1. The van der Waals surface area contributed by atoms with E-state index >= 15 is 0 Å². The maximum atomic E-state index is 12.5. The highest BCUT2D eigenvalue weighted by molar-refractivity contribution is 7.91. The van der Waals surface area contributed by atoms with E-state index in [1.165, 1.54) is 11.1 Å². The Morgan fingerprint density at radius 3 is 2.58 bits per heavy atom. The first-order valence-corrected chi connectivity index (χ1v) is 9.56. The van der Waals surface area contributed by atoms with Gasteiger partial charge in [0.25, 0.3) is 5.91 Å². The number of carbonyl (C=O) groups excluding carboxylic acids is 1. The number of carbonyl (C=O) groups is 1. The molecule has 0 aliphatic carbocycles. The number of pyridine rings is 1. The molecule has 2 aromatic heterocycles. The molecule has 0 radical (unpaired) electrons. The highest BCUT2D eigenvalue weighted by Crippen LogP contribution is 2.19. The van der Waals surface area contributed by atoms with E-state index in [4.69, 9.17) is 0 Å². The van der Waals surface area contributed by atoms with Gasteiger partial charge >= 0.3 is 0 Å². The van der Waals surface area contributed by atoms with Crippen LogP contribution in [-0.4, -0.2) is 58.6 Å². The zero-order valence-corrected chi connectivity index (χ0v) is 14.7. The van der Waals surface area contributed by atoms with Crippen molar-refractivity contribution in [2.75, 3.05) is 18.6 Å². The van der Waals surface area contributed by atoms with Crippen molar-refractivity contribution in [2.45, 2.75) is 26.3 Å². The predicted octanol–water partition coefficient (Wildman–Crippen LogP) is 1.14. The summed E-state index contributed by atoms with van der Waals surface area (Å²) in [6, 6.07) is 5.13. The molecule has 7 nitrogen and oxygen atoms in total. The minimum Gasteiger partial charge on any atom is -0.338 e. The predicted molar refractivity (Wildman–Crippen MR) is 90.0 cm³/mol. The summed E-state index contributed by atoms with van der Waals surface area (Å²) in [4.78, 5) is 18.4. The zero-order chi connectivity index (χ0) is 17.5. The van der Waals surface area contributed by atoms with Gasteiger partial charge in [0.1, 0.15) is 0 Å². The number of amides is 1. The van der Waals surface area contributed by atoms with Crippen molar-refractivity contribution < 1.29 is 13.2 Å². The largest absolute Gasteiger partial charge is 0.338 e. The van der Waals surface area contributed by atoms with Crippen molar-refractivity contribution in [3.8, 4) is 5.82 Å². The van der Waals surface area contributed by atoms with Crippen LogP contribution >= 0.6 is 0 Å². The molecule has 8 heteroatoms. The molecule has 3 rings (SSSR count). The fourth-order valence-electron chi connectivity index (χ4n) is 2.95. The first-order chi connectivity index (χ1) is 11.3. The summed E-state index contributed by atoms with van der Waals surface area (Å²) in [5.41, 5.74) is 2.30. The summed E-state index contributed by atoms with van der Waals surface area (Å²) in [7, 11) is -1.38. The molecule has 0 unspecified atom stereocenters. The van der Waals surface area contributed by atoms with E-state index in [9.17, 15) is 13.2 Å². The number of hydrogen-bond donors (Lipinski definition) is 0. The molecule has 1 atom stereocenters. The molecule has 0 aromatic carbocycles. The molecule has 1 aliphatic rings. The van der Waals surface area contributed by atoms with Crippen molar-refractivity contribution in [1.82, 2.24) is 19.7 Å². The summed E-state index contributed by atoms with van der Waals surface area (Å²) < 4.78 is 24.9. The zero-order valence-electron chi connectivity index (χ0n) is 13.9. The molecule has 128 valence electrons. The summed E-state index contributed by atoms with van der Waals surface area (Å²) in [6.45, 7) is 3.85. The molecule has 1 aliphatic heterocycles. The van der Waals surface area contributed by atoms with Crippen molar-refractivity contribution >= 4 is 15.7 Å². The SMILES string of the molecule is Cc1cc(C)n(-c2ccc(C(=O)N(C)[C@H]3CCS(=O)(=O)C3)cn2)n1. The molecule has 3 heterocycles. The Morgan fingerprint density at radius 2 is 2.08 bits per heavy atom. The van der Waals surface area contributed by atoms with Gasteiger partial charge in [-0.1, -0.05) is 0 Å². The number of hydrogen-bond acceptors (Lipinski definition) is 5. The first kappa shape index (κ1) is 16.6. The van der Waals surface area contributed by atoms with Crippen molar-refractivity contribution in [3.05, 3.63) is 41.3 Å². The third kappa shape index (κ3) is 3.19. The maximum absolute atomic E-state index is 12.5. The molecular formula is C16H20N4O3S. The van der Waals surface area contributed by atoms with E-state index in [1.807, 2.05) is 19.9 Å². The molecule has 0 saturated carbocycles. The lowest BCUT2D eigenvalue weighted by atomic mass is 10.2. The third-order valence-electron chi connectivity index (χ3n) is 4.30. The van der Waals surface area contributed by atoms with Crippen molar-refractivity contribution in [1.29, 1.82) is 0 Å². The highest BCUT2D eigenvalue weighted by Gasteiger charge is 2.33. The van der Waals surface area contributed by atoms with Crippen LogP contribution in [0.15, 0.2) is 24.4 Å². The van der Waals surface area contributed by atoms with Crippen LogP contribution in [0.4, 0.5) is 0 Å². The maximum Gasteiger partial charge on any atom is 0.255 e. The number of aromatic nitrogens is 3. The second-order valence-electron chi connectivity index (χ2n) is 6.22. The van der Waals surface area contributed by atoms with E-state index in [1.54, 1.807) is 23.9 Å². The van der Waals surface area contributed by atoms with E-state index in [-0.39, 0.29) is 23.5 Å². The monoisotopic (exact) mass is 348 g/mol. The molecule has 0 N–H and O–H groups in total. The number of sulfone groups is 1. The van der Waals surface area contributed by atoms with Gasteiger partial charge in [0.2, 0.25) is 0 Å². The summed E-state index contributed by atoms with van der Waals surface area (Å²) in [5, 5.41) is 4.36. The van der Waals surface area contributed by atoms with E-state index < -0.39 is 9.84 Å². The summed E-state index contributed by atoms with van der Waals surface area (Å²) >= 11 is 0. The number of rotatable bonds is 3. The van der Waals surface area contributed by atoms with Crippen LogP contribution in [0.5, 0.6) is 0 Å². The second kappa shape index (κ2) is 6.01. The minimum atomic E-state index is -3.02. The van der Waals surface area contributed by atoms with Gasteiger partial charge in [-0.3, -0.25) is 4.79 Å². The van der Waals surface area contributed by atoms with Gasteiger partial charge in [0.15, 0.2) is 15.7 Å². The molecular weight excluding hydrogens is 328 g/mol. The van der Waals surface area contributed by atoms with Gasteiger partial charge in [-0.05, 0) is 38.5 Å². The Morgan fingerprint density at radius 1 is 1.33 bits per heavy atom. The van der Waals surface area contributed by atoms with Crippen LogP contribution in [0.1, 0.15) is 28.2 Å². The topological polar surface area (TPSA) is 85.2 Å². The Labute approximate surface area is 141 Å². The molecule has 2 aromatic rings. The molecule has 1 saturated heterocycles. The Bertz CT molecular complexity index is 871. The van der Waals surface area contributed by atoms with Gasteiger partial charge < -0.3 is 4.90 Å². The highest BCUT2D eigenvalue weighted by atomic mass is 32.2. The van der Waals surface area contributed by atoms with Gasteiger partial charge in [-0.25, -0.2) is 18.1 Å². The van der Waals surface area contributed by atoms with Gasteiger partial charge in [0.05, 0.1) is 22.8 Å². The lowest BCUT2D eigenvalue weighted by Gasteiger charge is -2.23. The Hall–Kier alpha value is -2.22. The quantitative estimate of drug-likeness (QED) is 0.830. The molecule has 0 spiro atoms. The van der Waals surface area contributed by atoms with Gasteiger partial charge in [-0.2, -0.15) is 5.10 Å². The summed E-state index contributed by atoms with van der Waals surface area (Å²) in [5.74, 6) is 0.601. The first-order valence-electron chi connectivity index (χ1n) is 7.74. The molecule has 1 amide bonds. The smallest absolute Gasteiger partial charge is 0.255 e. The van der Waals surface area contributed by atoms with Crippen LogP contribution in [-0.2, 0) is 9.84 Å².